The van der Waals surface area contributed by atoms with Gasteiger partial charge < -0.3 is 19.7 Å². The first-order valence-electron chi connectivity index (χ1n) is 10.8. The average Bonchev–Trinajstić information content (AvgIpc) is 3.14. The quantitative estimate of drug-likeness (QED) is 0.334. The van der Waals surface area contributed by atoms with E-state index in [0.717, 1.165) is 22.2 Å². The monoisotopic (exact) mass is 482 g/mol. The zero-order chi connectivity index (χ0) is 24.4. The number of carboxylic acids is 1. The lowest BCUT2D eigenvalue weighted by Gasteiger charge is -2.13. The van der Waals surface area contributed by atoms with Gasteiger partial charge in [0.25, 0.3) is 0 Å². The molecule has 34 heavy (non-hydrogen) atoms. The zero-order valence-corrected chi connectivity index (χ0v) is 19.8. The summed E-state index contributed by atoms with van der Waals surface area (Å²) in [6.07, 6.45) is 1.45. The van der Waals surface area contributed by atoms with Gasteiger partial charge in [0.2, 0.25) is 0 Å². The summed E-state index contributed by atoms with van der Waals surface area (Å²) in [5.41, 5.74) is 3.82. The minimum atomic E-state index is -1.05. The van der Waals surface area contributed by atoms with E-state index >= 15 is 0 Å². The smallest absolute Gasteiger partial charge is 0.339 e. The van der Waals surface area contributed by atoms with Crippen LogP contribution in [-0.2, 0) is 6.54 Å². The first-order chi connectivity index (χ1) is 16.3. The van der Waals surface area contributed by atoms with Crippen molar-refractivity contribution >= 4 is 34.3 Å². The van der Waals surface area contributed by atoms with E-state index < -0.39 is 5.97 Å². The van der Waals surface area contributed by atoms with Crippen LogP contribution in [0.2, 0.25) is 5.02 Å². The van der Waals surface area contributed by atoms with E-state index in [-0.39, 0.29) is 11.4 Å². The largest absolute Gasteiger partial charge is 0.493 e. The van der Waals surface area contributed by atoms with Crippen molar-refractivity contribution in [3.05, 3.63) is 70.4 Å². The molecule has 0 saturated heterocycles. The first-order valence-corrected chi connectivity index (χ1v) is 11.2. The van der Waals surface area contributed by atoms with E-state index in [4.69, 9.17) is 16.3 Å². The van der Waals surface area contributed by atoms with Gasteiger partial charge in [0.15, 0.2) is 0 Å². The number of aromatic carboxylic acids is 1. The Morgan fingerprint density at radius 1 is 1.21 bits per heavy atom. The maximum Gasteiger partial charge on any atom is 0.339 e. The van der Waals surface area contributed by atoms with Crippen molar-refractivity contribution < 1.29 is 19.0 Å². The summed E-state index contributed by atoms with van der Waals surface area (Å²) < 4.78 is 21.6. The highest BCUT2D eigenvalue weighted by Gasteiger charge is 2.15. The Hall–Kier alpha value is -3.65. The SMILES string of the molecule is CCOc1cc(-c2cc(NCCn3c(C)cc4c(C)c(F)cc(Cl)c43)ncn2)ccc1C(=O)O. The summed E-state index contributed by atoms with van der Waals surface area (Å²) in [5.74, 6) is -0.456. The molecule has 0 saturated carbocycles. The van der Waals surface area contributed by atoms with E-state index in [1.165, 1.54) is 18.5 Å². The number of anilines is 1. The molecule has 7 nitrogen and oxygen atoms in total. The van der Waals surface area contributed by atoms with Crippen LogP contribution in [0.5, 0.6) is 5.75 Å². The Labute approximate surface area is 201 Å². The minimum Gasteiger partial charge on any atom is -0.493 e. The van der Waals surface area contributed by atoms with Crippen molar-refractivity contribution in [2.45, 2.75) is 27.3 Å². The molecule has 9 heteroatoms. The Kier molecular flexibility index (Phi) is 6.70. The third-order valence-corrected chi connectivity index (χ3v) is 5.95. The first kappa shape index (κ1) is 23.5. The molecule has 2 heterocycles. The second-order valence-electron chi connectivity index (χ2n) is 7.83. The zero-order valence-electron chi connectivity index (χ0n) is 19.0. The topological polar surface area (TPSA) is 89.3 Å². The van der Waals surface area contributed by atoms with Gasteiger partial charge in [-0.25, -0.2) is 19.2 Å². The molecule has 0 aliphatic rings. The highest BCUT2D eigenvalue weighted by molar-refractivity contribution is 6.35. The number of aromatic nitrogens is 3. The fourth-order valence-corrected chi connectivity index (χ4v) is 4.27. The summed E-state index contributed by atoms with van der Waals surface area (Å²) in [5, 5.41) is 13.8. The van der Waals surface area contributed by atoms with Gasteiger partial charge >= 0.3 is 5.97 Å². The van der Waals surface area contributed by atoms with E-state index in [1.807, 2.05) is 13.0 Å². The lowest BCUT2D eigenvalue weighted by molar-refractivity contribution is 0.0692. The lowest BCUT2D eigenvalue weighted by Crippen LogP contribution is -2.12. The van der Waals surface area contributed by atoms with Crippen LogP contribution in [0.15, 0.2) is 42.7 Å². The molecular weight excluding hydrogens is 459 g/mol. The Bertz CT molecular complexity index is 1390. The van der Waals surface area contributed by atoms with Crippen LogP contribution in [0, 0.1) is 19.7 Å². The average molecular weight is 483 g/mol. The summed E-state index contributed by atoms with van der Waals surface area (Å²) in [6.45, 7) is 7.01. The molecule has 0 bridgehead atoms. The molecule has 2 aromatic heterocycles. The van der Waals surface area contributed by atoms with E-state index in [0.29, 0.717) is 47.5 Å². The Morgan fingerprint density at radius 2 is 2.00 bits per heavy atom. The fraction of sp³-hybridized carbons (Fsp3) is 0.240. The third-order valence-electron chi connectivity index (χ3n) is 5.66. The van der Waals surface area contributed by atoms with Gasteiger partial charge in [-0.05, 0) is 50.6 Å². The molecule has 2 N–H and O–H groups in total. The number of halogens is 2. The molecular formula is C25H24ClFN4O3. The fourth-order valence-electron chi connectivity index (χ4n) is 3.97. The molecule has 4 rings (SSSR count). The molecule has 0 unspecified atom stereocenters. The molecule has 0 amide bonds. The van der Waals surface area contributed by atoms with Crippen LogP contribution in [0.4, 0.5) is 10.2 Å². The lowest BCUT2D eigenvalue weighted by atomic mass is 10.1. The van der Waals surface area contributed by atoms with Crippen molar-refractivity contribution in [3.8, 4) is 17.0 Å². The maximum atomic E-state index is 14.1. The van der Waals surface area contributed by atoms with Crippen molar-refractivity contribution in [2.75, 3.05) is 18.5 Å². The van der Waals surface area contributed by atoms with Crippen LogP contribution < -0.4 is 10.1 Å². The van der Waals surface area contributed by atoms with Crippen LogP contribution in [0.3, 0.4) is 0 Å². The van der Waals surface area contributed by atoms with Gasteiger partial charge in [0, 0.05) is 35.8 Å². The van der Waals surface area contributed by atoms with Crippen LogP contribution in [0.1, 0.15) is 28.5 Å². The second-order valence-corrected chi connectivity index (χ2v) is 8.24. The highest BCUT2D eigenvalue weighted by Crippen LogP contribution is 2.32. The number of rotatable bonds is 8. The number of carbonyl (C=O) groups is 1. The van der Waals surface area contributed by atoms with E-state index in [2.05, 4.69) is 19.9 Å². The van der Waals surface area contributed by atoms with E-state index in [9.17, 15) is 14.3 Å². The molecule has 4 aromatic rings. The number of carboxylic acid groups (broad SMARTS) is 1. The molecule has 0 spiro atoms. The molecule has 0 atom stereocenters. The van der Waals surface area contributed by atoms with Gasteiger partial charge in [-0.2, -0.15) is 0 Å². The van der Waals surface area contributed by atoms with Gasteiger partial charge in [-0.3, -0.25) is 0 Å². The van der Waals surface area contributed by atoms with Gasteiger partial charge in [-0.1, -0.05) is 17.7 Å². The van der Waals surface area contributed by atoms with Gasteiger partial charge in [-0.15, -0.1) is 0 Å². The molecule has 2 aromatic carbocycles. The third kappa shape index (κ3) is 4.54. The normalized spacial score (nSPS) is 11.1. The highest BCUT2D eigenvalue weighted by atomic mass is 35.5. The summed E-state index contributed by atoms with van der Waals surface area (Å²) in [4.78, 5) is 20.0. The number of benzene rings is 2. The van der Waals surface area contributed by atoms with Crippen LogP contribution in [0.25, 0.3) is 22.2 Å². The molecule has 176 valence electrons. The maximum absolute atomic E-state index is 14.1. The minimum absolute atomic E-state index is 0.0982. The Morgan fingerprint density at radius 3 is 2.74 bits per heavy atom. The standard InChI is InChI=1S/C25H24ClFN4O3/c1-4-34-22-10-16(5-6-17(22)25(32)33)21-12-23(30-13-29-21)28-7-8-31-14(2)9-18-15(3)20(27)11-19(26)24(18)31/h5-6,9-13H,4,7-8H2,1-3H3,(H,32,33)(H,28,29,30). The number of nitrogens with zero attached hydrogens (tertiary/aromatic N) is 3. The van der Waals surface area contributed by atoms with E-state index in [1.54, 1.807) is 32.0 Å². The second kappa shape index (κ2) is 9.69. The number of nitrogens with one attached hydrogen (secondary N) is 1. The molecule has 0 aliphatic carbocycles. The number of ether oxygens (including phenoxy) is 1. The van der Waals surface area contributed by atoms with Crippen molar-refractivity contribution in [2.24, 2.45) is 0 Å². The van der Waals surface area contributed by atoms with Crippen LogP contribution >= 0.6 is 11.6 Å². The van der Waals surface area contributed by atoms with Crippen molar-refractivity contribution in [1.29, 1.82) is 0 Å². The predicted molar refractivity (Wildman–Crippen MR) is 130 cm³/mol. The van der Waals surface area contributed by atoms with Crippen LogP contribution in [-0.4, -0.2) is 38.8 Å². The molecule has 0 fully saturated rings. The Balaban J connectivity index is 1.54. The van der Waals surface area contributed by atoms with Gasteiger partial charge in [0.1, 0.15) is 29.3 Å². The van der Waals surface area contributed by atoms with Crippen molar-refractivity contribution in [1.82, 2.24) is 14.5 Å². The summed E-state index contributed by atoms with van der Waals surface area (Å²) in [7, 11) is 0. The number of aryl methyl sites for hydroxylation is 2. The predicted octanol–water partition coefficient (Wildman–Crippen LogP) is 5.72. The number of hydrogen-bond acceptors (Lipinski definition) is 5. The van der Waals surface area contributed by atoms with Gasteiger partial charge in [0.05, 0.1) is 22.8 Å². The summed E-state index contributed by atoms with van der Waals surface area (Å²) >= 11 is 6.35. The summed E-state index contributed by atoms with van der Waals surface area (Å²) in [6, 6.07) is 9.95. The molecule has 0 radical (unpaired) electrons. The number of fused-ring (bicyclic) bond motifs is 1. The number of hydrogen-bond donors (Lipinski definition) is 2. The molecule has 0 aliphatic heterocycles. The van der Waals surface area contributed by atoms with Crippen molar-refractivity contribution in [3.63, 3.8) is 0 Å².